The van der Waals surface area contributed by atoms with Crippen LogP contribution in [-0.4, -0.2) is 28.3 Å². The van der Waals surface area contributed by atoms with Crippen molar-refractivity contribution >= 4 is 34.7 Å². The topological polar surface area (TPSA) is 56.1 Å². The normalized spacial score (nSPS) is 18.5. The Hall–Kier alpha value is -2.76. The second kappa shape index (κ2) is 12.2. The second-order valence-electron chi connectivity index (χ2n) is 12.0. The minimum atomic E-state index is 0.0577. The van der Waals surface area contributed by atoms with E-state index in [1.54, 1.807) is 0 Å². The largest absolute Gasteiger partial charge is 0.494 e. The van der Waals surface area contributed by atoms with Gasteiger partial charge >= 0.3 is 0 Å². The molecule has 0 aliphatic heterocycles. The van der Waals surface area contributed by atoms with Crippen molar-refractivity contribution in [2.24, 2.45) is 13.0 Å². The van der Waals surface area contributed by atoms with E-state index in [-0.39, 0.29) is 11.9 Å². The molecule has 1 amide bonds. The Balaban J connectivity index is 1.43. The van der Waals surface area contributed by atoms with Gasteiger partial charge in [0.25, 0.3) is 0 Å². The summed E-state index contributed by atoms with van der Waals surface area (Å²) in [5.41, 5.74) is 10.3. The second-order valence-corrected chi connectivity index (χ2v) is 12.8. The van der Waals surface area contributed by atoms with Crippen LogP contribution in [0.15, 0.2) is 29.8 Å². The fourth-order valence-corrected chi connectivity index (χ4v) is 6.93. The van der Waals surface area contributed by atoms with Crippen LogP contribution in [0, 0.1) is 33.6 Å². The zero-order chi connectivity index (χ0) is 29.4. The lowest BCUT2D eigenvalue weighted by Gasteiger charge is -2.27. The van der Waals surface area contributed by atoms with E-state index in [1.165, 1.54) is 0 Å². The van der Waals surface area contributed by atoms with Crippen molar-refractivity contribution < 1.29 is 9.53 Å². The van der Waals surface area contributed by atoms with E-state index in [0.717, 1.165) is 111 Å². The fraction of sp³-hybridized carbons (Fsp3) is 0.471. The molecule has 1 N–H and O–H groups in total. The molecule has 0 radical (unpaired) electrons. The van der Waals surface area contributed by atoms with Crippen LogP contribution in [0.4, 0.5) is 0 Å². The minimum Gasteiger partial charge on any atom is -0.494 e. The van der Waals surface area contributed by atoms with Crippen LogP contribution in [0.5, 0.6) is 5.75 Å². The molecule has 1 aromatic heterocycles. The van der Waals surface area contributed by atoms with Crippen molar-refractivity contribution in [3.63, 3.8) is 0 Å². The minimum absolute atomic E-state index is 0.0577. The maximum Gasteiger partial charge on any atom is 0.248 e. The Morgan fingerprint density at radius 1 is 1.05 bits per heavy atom. The number of hydrogen-bond donors (Lipinski definition) is 1. The number of benzene rings is 2. The van der Waals surface area contributed by atoms with Gasteiger partial charge in [0.2, 0.25) is 5.91 Å². The zero-order valence-electron chi connectivity index (χ0n) is 25.1. The van der Waals surface area contributed by atoms with Gasteiger partial charge in [0.1, 0.15) is 5.75 Å². The van der Waals surface area contributed by atoms with Gasteiger partial charge in [0.15, 0.2) is 0 Å². The first-order valence-electron chi connectivity index (χ1n) is 14.8. The highest BCUT2D eigenvalue weighted by Gasteiger charge is 2.32. The van der Waals surface area contributed by atoms with Crippen molar-refractivity contribution in [2.45, 2.75) is 85.6 Å². The number of fused-ring (bicyclic) bond motifs is 1. The number of aryl methyl sites for hydroxylation is 4. The number of ether oxygens (including phenoxy) is 1. The summed E-state index contributed by atoms with van der Waals surface area (Å²) in [5, 5.41) is 9.52. The zero-order valence-corrected chi connectivity index (χ0v) is 26.6. The van der Waals surface area contributed by atoms with Crippen LogP contribution in [0.3, 0.4) is 0 Å². The Morgan fingerprint density at radius 3 is 2.37 bits per heavy atom. The van der Waals surface area contributed by atoms with Gasteiger partial charge < -0.3 is 10.1 Å². The third-order valence-electron chi connectivity index (χ3n) is 8.94. The maximum atomic E-state index is 13.8. The summed E-state index contributed by atoms with van der Waals surface area (Å²) in [5.74, 6) is 1.62. The molecular formula is C34H41Cl2N3O2. The predicted octanol–water partition coefficient (Wildman–Crippen LogP) is 8.49. The number of allylic oxidation sites excluding steroid dienone is 1. The van der Waals surface area contributed by atoms with Crippen LogP contribution in [0.1, 0.15) is 79.1 Å². The lowest BCUT2D eigenvalue weighted by Crippen LogP contribution is -2.38. The molecular weight excluding hydrogens is 553 g/mol. The molecule has 0 saturated heterocycles. The number of halogens is 2. The van der Waals surface area contributed by atoms with Gasteiger partial charge in [-0.2, -0.15) is 5.10 Å². The smallest absolute Gasteiger partial charge is 0.248 e. The Bertz CT molecular complexity index is 1490. The van der Waals surface area contributed by atoms with Gasteiger partial charge in [-0.25, -0.2) is 0 Å². The molecule has 7 heteroatoms. The standard InChI is InChI=1S/C34H41Cl2N3O2/c1-19-9-11-24(12-10-19)37-34(40)29-18-28-27(13-14-30(35)32(28)31-22(4)38-39(6)23(31)5)26(29)8-7-15-41-25-16-20(2)33(36)21(3)17-25/h13-14,16-17,19,24H,7-12,15,18H2,1-6H3,(H,37,40). The Kier molecular flexibility index (Phi) is 8.87. The highest BCUT2D eigenvalue weighted by molar-refractivity contribution is 6.34. The van der Waals surface area contributed by atoms with Crippen molar-refractivity contribution in [3.8, 4) is 16.9 Å². The molecule has 41 heavy (non-hydrogen) atoms. The molecule has 2 aromatic carbocycles. The van der Waals surface area contributed by atoms with E-state index >= 15 is 0 Å². The van der Waals surface area contributed by atoms with Gasteiger partial charge in [-0.15, -0.1) is 0 Å². The van der Waals surface area contributed by atoms with E-state index < -0.39 is 0 Å². The van der Waals surface area contributed by atoms with Gasteiger partial charge in [0, 0.05) is 51.9 Å². The first-order valence-corrected chi connectivity index (χ1v) is 15.6. The average Bonchev–Trinajstić information content (AvgIpc) is 3.42. The molecule has 0 unspecified atom stereocenters. The molecule has 5 nitrogen and oxygen atoms in total. The number of rotatable bonds is 8. The summed E-state index contributed by atoms with van der Waals surface area (Å²) in [6.07, 6.45) is 6.52. The molecule has 5 rings (SSSR count). The lowest BCUT2D eigenvalue weighted by atomic mass is 9.87. The van der Waals surface area contributed by atoms with Crippen molar-refractivity contribution in [3.05, 3.63) is 73.5 Å². The molecule has 0 bridgehead atoms. The molecule has 3 aromatic rings. The molecule has 0 atom stereocenters. The molecule has 2 aliphatic carbocycles. The quantitative estimate of drug-likeness (QED) is 0.266. The van der Waals surface area contributed by atoms with Gasteiger partial charge in [0.05, 0.1) is 12.3 Å². The first-order chi connectivity index (χ1) is 19.5. The third kappa shape index (κ3) is 6.08. The number of nitrogens with zero attached hydrogens (tertiary/aromatic N) is 2. The summed E-state index contributed by atoms with van der Waals surface area (Å²) in [6, 6.07) is 8.27. The molecule has 1 heterocycles. The average molecular weight is 595 g/mol. The highest BCUT2D eigenvalue weighted by atomic mass is 35.5. The molecule has 1 saturated carbocycles. The lowest BCUT2D eigenvalue weighted by molar-refractivity contribution is -0.118. The number of aromatic nitrogens is 2. The molecule has 2 aliphatic rings. The van der Waals surface area contributed by atoms with E-state index in [2.05, 4.69) is 30.3 Å². The third-order valence-corrected chi connectivity index (χ3v) is 9.85. The summed E-state index contributed by atoms with van der Waals surface area (Å²) in [7, 11) is 1.96. The number of nitrogens with one attached hydrogen (secondary N) is 1. The molecule has 218 valence electrons. The van der Waals surface area contributed by atoms with Gasteiger partial charge in [-0.3, -0.25) is 9.48 Å². The fourth-order valence-electron chi connectivity index (χ4n) is 6.55. The van der Waals surface area contributed by atoms with Crippen LogP contribution in [0.2, 0.25) is 10.0 Å². The van der Waals surface area contributed by atoms with Crippen LogP contribution >= 0.6 is 23.2 Å². The van der Waals surface area contributed by atoms with E-state index in [0.29, 0.717) is 18.1 Å². The van der Waals surface area contributed by atoms with Gasteiger partial charge in [-0.05, 0) is 118 Å². The SMILES string of the molecule is Cc1cc(OCCCC2=C(C(=O)NC3CCC(C)CC3)Cc3c2ccc(Cl)c3-c2c(C)nn(C)c2C)cc(C)c1Cl. The number of hydrogen-bond acceptors (Lipinski definition) is 3. The van der Waals surface area contributed by atoms with Crippen LogP contribution in [-0.2, 0) is 18.3 Å². The van der Waals surface area contributed by atoms with Crippen molar-refractivity contribution in [2.75, 3.05) is 6.61 Å². The summed E-state index contributed by atoms with van der Waals surface area (Å²) >= 11 is 13.2. The van der Waals surface area contributed by atoms with Gasteiger partial charge in [-0.1, -0.05) is 36.2 Å². The molecule has 1 fully saturated rings. The summed E-state index contributed by atoms with van der Waals surface area (Å²) in [4.78, 5) is 13.8. The van der Waals surface area contributed by atoms with Crippen molar-refractivity contribution in [1.82, 2.24) is 15.1 Å². The number of carbonyl (C=O) groups excluding carboxylic acids is 1. The summed E-state index contributed by atoms with van der Waals surface area (Å²) < 4.78 is 8.03. The number of amides is 1. The molecule has 0 spiro atoms. The number of carbonyl (C=O) groups is 1. The van der Waals surface area contributed by atoms with E-state index in [1.807, 2.05) is 50.7 Å². The summed E-state index contributed by atoms with van der Waals surface area (Å²) in [6.45, 7) is 10.9. The van der Waals surface area contributed by atoms with E-state index in [4.69, 9.17) is 27.9 Å². The Morgan fingerprint density at radius 2 is 1.73 bits per heavy atom. The van der Waals surface area contributed by atoms with Crippen LogP contribution in [0.25, 0.3) is 16.7 Å². The van der Waals surface area contributed by atoms with Crippen LogP contribution < -0.4 is 10.1 Å². The predicted molar refractivity (Wildman–Crippen MR) is 169 cm³/mol. The monoisotopic (exact) mass is 593 g/mol. The van der Waals surface area contributed by atoms with Crippen molar-refractivity contribution in [1.29, 1.82) is 0 Å². The highest BCUT2D eigenvalue weighted by Crippen LogP contribution is 2.45. The Labute approximate surface area is 254 Å². The van der Waals surface area contributed by atoms with E-state index in [9.17, 15) is 4.79 Å². The first kappa shape index (κ1) is 29.7. The maximum absolute atomic E-state index is 13.8.